The lowest BCUT2D eigenvalue weighted by Gasteiger charge is -2.39. The van der Waals surface area contributed by atoms with Gasteiger partial charge in [0.25, 0.3) is 0 Å². The van der Waals surface area contributed by atoms with Gasteiger partial charge in [-0.25, -0.2) is 0 Å². The minimum absolute atomic E-state index is 0.156. The second kappa shape index (κ2) is 8.32. The number of nitrogens with zero attached hydrogens (tertiary/aromatic N) is 1. The van der Waals surface area contributed by atoms with Gasteiger partial charge in [-0.2, -0.15) is 13.2 Å². The first-order valence-corrected chi connectivity index (χ1v) is 10.4. The number of hydrogen-bond donors (Lipinski definition) is 1. The number of carbonyl (C=O) groups is 1. The second-order valence-electron chi connectivity index (χ2n) is 7.98. The molecule has 0 spiro atoms. The predicted octanol–water partition coefficient (Wildman–Crippen LogP) is 4.95. The Morgan fingerprint density at radius 3 is 2.71 bits per heavy atom. The van der Waals surface area contributed by atoms with Gasteiger partial charge in [0, 0.05) is 24.3 Å². The Morgan fingerprint density at radius 2 is 2.03 bits per heavy atom. The molecule has 2 aliphatic rings. The minimum Gasteiger partial charge on any atom is -0.486 e. The third-order valence-electron chi connectivity index (χ3n) is 5.78. The van der Waals surface area contributed by atoms with Crippen LogP contribution in [0, 0.1) is 5.92 Å². The van der Waals surface area contributed by atoms with Crippen LogP contribution >= 0.6 is 0 Å². The van der Waals surface area contributed by atoms with Crippen molar-refractivity contribution in [1.82, 2.24) is 0 Å². The van der Waals surface area contributed by atoms with E-state index in [1.54, 1.807) is 6.07 Å². The number of ether oxygens (including phenoxy) is 2. The van der Waals surface area contributed by atoms with E-state index >= 15 is 0 Å². The molecule has 0 bridgehead atoms. The van der Waals surface area contributed by atoms with E-state index in [0.717, 1.165) is 24.6 Å². The van der Waals surface area contributed by atoms with Crippen molar-refractivity contribution in [3.8, 4) is 16.9 Å². The van der Waals surface area contributed by atoms with Crippen LogP contribution in [0.25, 0.3) is 11.1 Å². The zero-order chi connectivity index (χ0) is 22.2. The highest BCUT2D eigenvalue weighted by atomic mass is 19.4. The SMILES string of the molecule is CCCC1CNc2c(cc(C(F)(F)F)cc2-c2cccc(N3CC(C(=O)OC)C3)c2)O1. The zero-order valence-electron chi connectivity index (χ0n) is 17.5. The first-order valence-electron chi connectivity index (χ1n) is 10.4. The van der Waals surface area contributed by atoms with Crippen molar-refractivity contribution < 1.29 is 27.4 Å². The van der Waals surface area contributed by atoms with Crippen molar-refractivity contribution in [2.75, 3.05) is 37.0 Å². The molecule has 0 radical (unpaired) electrons. The summed E-state index contributed by atoms with van der Waals surface area (Å²) < 4.78 is 51.5. The summed E-state index contributed by atoms with van der Waals surface area (Å²) in [6.07, 6.45) is -2.98. The molecule has 2 aromatic rings. The molecule has 1 atom stereocenters. The number of methoxy groups -OCH3 is 1. The minimum atomic E-state index is -4.48. The molecule has 0 aromatic heterocycles. The molecular weight excluding hydrogens is 409 g/mol. The highest BCUT2D eigenvalue weighted by molar-refractivity contribution is 5.85. The second-order valence-corrected chi connectivity index (χ2v) is 7.98. The quantitative estimate of drug-likeness (QED) is 0.675. The fraction of sp³-hybridized carbons (Fsp3) is 0.435. The summed E-state index contributed by atoms with van der Waals surface area (Å²) in [5, 5.41) is 3.28. The van der Waals surface area contributed by atoms with Gasteiger partial charge in [-0.3, -0.25) is 4.79 Å². The molecule has 31 heavy (non-hydrogen) atoms. The lowest BCUT2D eigenvalue weighted by atomic mass is 9.95. The Hall–Kier alpha value is -2.90. The summed E-state index contributed by atoms with van der Waals surface area (Å²) in [5.74, 6) is -0.197. The van der Waals surface area contributed by atoms with E-state index in [9.17, 15) is 18.0 Å². The van der Waals surface area contributed by atoms with E-state index in [1.165, 1.54) is 13.2 Å². The number of halogens is 3. The summed E-state index contributed by atoms with van der Waals surface area (Å²) in [6, 6.07) is 9.58. The number of benzene rings is 2. The van der Waals surface area contributed by atoms with Crippen LogP contribution in [0.5, 0.6) is 5.75 Å². The van der Waals surface area contributed by atoms with E-state index in [2.05, 4.69) is 5.32 Å². The van der Waals surface area contributed by atoms with Crippen LogP contribution in [-0.4, -0.2) is 38.8 Å². The van der Waals surface area contributed by atoms with E-state index < -0.39 is 11.7 Å². The fourth-order valence-corrected chi connectivity index (χ4v) is 4.08. The molecule has 5 nitrogen and oxygen atoms in total. The Bertz CT molecular complexity index is 971. The van der Waals surface area contributed by atoms with Crippen molar-refractivity contribution in [3.05, 3.63) is 42.0 Å². The van der Waals surface area contributed by atoms with E-state index in [1.807, 2.05) is 30.0 Å². The maximum atomic E-state index is 13.6. The molecule has 4 rings (SSSR count). The molecule has 0 saturated carbocycles. The van der Waals surface area contributed by atoms with Gasteiger partial charge in [-0.05, 0) is 36.2 Å². The van der Waals surface area contributed by atoms with E-state index in [0.29, 0.717) is 36.4 Å². The zero-order valence-corrected chi connectivity index (χ0v) is 17.5. The first kappa shape index (κ1) is 21.3. The third-order valence-corrected chi connectivity index (χ3v) is 5.78. The Kier molecular flexibility index (Phi) is 5.73. The maximum Gasteiger partial charge on any atom is 0.416 e. The van der Waals surface area contributed by atoms with E-state index in [4.69, 9.17) is 9.47 Å². The number of fused-ring (bicyclic) bond motifs is 1. The molecule has 1 N–H and O–H groups in total. The fourth-order valence-electron chi connectivity index (χ4n) is 4.08. The molecule has 2 heterocycles. The van der Waals surface area contributed by atoms with Crippen LogP contribution in [0.4, 0.5) is 24.5 Å². The van der Waals surface area contributed by atoms with Gasteiger partial charge in [0.2, 0.25) is 0 Å². The molecule has 2 aliphatic heterocycles. The average Bonchev–Trinajstić information content (AvgIpc) is 2.71. The number of anilines is 2. The van der Waals surface area contributed by atoms with Gasteiger partial charge in [0.1, 0.15) is 11.9 Å². The van der Waals surface area contributed by atoms with Crippen molar-refractivity contribution in [2.24, 2.45) is 5.92 Å². The summed E-state index contributed by atoms with van der Waals surface area (Å²) >= 11 is 0. The first-order chi connectivity index (χ1) is 14.8. The number of esters is 1. The van der Waals surface area contributed by atoms with Gasteiger partial charge in [0.15, 0.2) is 0 Å². The lowest BCUT2D eigenvalue weighted by Crippen LogP contribution is -2.50. The molecule has 0 aliphatic carbocycles. The molecule has 166 valence electrons. The van der Waals surface area contributed by atoms with Crippen molar-refractivity contribution >= 4 is 17.3 Å². The van der Waals surface area contributed by atoms with Crippen LogP contribution in [0.1, 0.15) is 25.3 Å². The Balaban J connectivity index is 1.68. The van der Waals surface area contributed by atoms with Crippen molar-refractivity contribution in [1.29, 1.82) is 0 Å². The number of hydrogen-bond acceptors (Lipinski definition) is 5. The van der Waals surface area contributed by atoms with Crippen LogP contribution in [0.2, 0.25) is 0 Å². The predicted molar refractivity (Wildman–Crippen MR) is 112 cm³/mol. The van der Waals surface area contributed by atoms with Gasteiger partial charge < -0.3 is 19.7 Å². The molecule has 1 fully saturated rings. The molecule has 0 amide bonds. The van der Waals surface area contributed by atoms with Crippen LogP contribution in [0.15, 0.2) is 36.4 Å². The van der Waals surface area contributed by atoms with Crippen LogP contribution in [-0.2, 0) is 15.7 Å². The summed E-state index contributed by atoms with van der Waals surface area (Å²) in [4.78, 5) is 13.7. The van der Waals surface area contributed by atoms with Crippen molar-refractivity contribution in [3.63, 3.8) is 0 Å². The maximum absolute atomic E-state index is 13.6. The number of rotatable bonds is 5. The topological polar surface area (TPSA) is 50.8 Å². The average molecular weight is 434 g/mol. The van der Waals surface area contributed by atoms with Crippen LogP contribution in [0.3, 0.4) is 0 Å². The monoisotopic (exact) mass is 434 g/mol. The Labute approximate surface area is 179 Å². The highest BCUT2D eigenvalue weighted by Gasteiger charge is 2.35. The van der Waals surface area contributed by atoms with Gasteiger partial charge in [0.05, 0.1) is 30.8 Å². The van der Waals surface area contributed by atoms with Crippen LogP contribution < -0.4 is 15.0 Å². The van der Waals surface area contributed by atoms with Gasteiger partial charge >= 0.3 is 12.1 Å². The molecule has 1 saturated heterocycles. The van der Waals surface area contributed by atoms with Crippen molar-refractivity contribution in [2.45, 2.75) is 32.0 Å². The summed E-state index contributed by atoms with van der Waals surface area (Å²) in [6.45, 7) is 3.61. The Morgan fingerprint density at radius 1 is 1.26 bits per heavy atom. The summed E-state index contributed by atoms with van der Waals surface area (Å²) in [5.41, 5.74) is 1.80. The number of alkyl halides is 3. The number of carbonyl (C=O) groups excluding carboxylic acids is 1. The van der Waals surface area contributed by atoms with E-state index in [-0.39, 0.29) is 23.7 Å². The largest absolute Gasteiger partial charge is 0.486 e. The standard InChI is InChI=1S/C23H25F3N2O3/c1-3-5-18-11-27-21-19(9-16(23(24,25)26)10-20(21)31-18)14-6-4-7-17(8-14)28-12-15(13-28)22(29)30-2/h4,6-10,15,18,27H,3,5,11-13H2,1-2H3. The number of nitrogens with one attached hydrogen (secondary N) is 1. The molecule has 1 unspecified atom stereocenters. The highest BCUT2D eigenvalue weighted by Crippen LogP contribution is 2.44. The smallest absolute Gasteiger partial charge is 0.416 e. The van der Waals surface area contributed by atoms with Gasteiger partial charge in [-0.15, -0.1) is 0 Å². The van der Waals surface area contributed by atoms with Gasteiger partial charge in [-0.1, -0.05) is 25.5 Å². The summed E-state index contributed by atoms with van der Waals surface area (Å²) in [7, 11) is 1.36. The normalized spacial score (nSPS) is 18.5. The molecule has 8 heteroatoms. The molecule has 2 aromatic carbocycles. The molecular formula is C23H25F3N2O3. The lowest BCUT2D eigenvalue weighted by molar-refractivity contribution is -0.146. The third kappa shape index (κ3) is 4.29.